The minimum Gasteiger partial charge on any atom is -0.228 e. The van der Waals surface area contributed by atoms with Gasteiger partial charge in [0, 0.05) is 23.9 Å². The van der Waals surface area contributed by atoms with E-state index in [1.54, 1.807) is 31.2 Å². The second kappa shape index (κ2) is 6.72. The summed E-state index contributed by atoms with van der Waals surface area (Å²) >= 11 is 5.98. The molecule has 1 heterocycles. The van der Waals surface area contributed by atoms with Crippen LogP contribution in [0.5, 0.6) is 0 Å². The van der Waals surface area contributed by atoms with Gasteiger partial charge in [-0.3, -0.25) is 0 Å². The predicted molar refractivity (Wildman–Crippen MR) is 98.9 cm³/mol. The Morgan fingerprint density at radius 3 is 2.20 bits per heavy atom. The average molecular weight is 400 g/mol. The zero-order chi connectivity index (χ0) is 18.2. The zero-order valence-electron chi connectivity index (χ0n) is 13.6. The first-order chi connectivity index (χ1) is 11.7. The molecular formula is C17H18ClNO4S2. The van der Waals surface area contributed by atoms with E-state index in [0.29, 0.717) is 5.02 Å². The van der Waals surface area contributed by atoms with Crippen LogP contribution in [0.4, 0.5) is 0 Å². The highest BCUT2D eigenvalue weighted by atomic mass is 35.5. The van der Waals surface area contributed by atoms with Gasteiger partial charge in [0.25, 0.3) is 0 Å². The summed E-state index contributed by atoms with van der Waals surface area (Å²) in [6.07, 6.45) is 0. The lowest BCUT2D eigenvalue weighted by molar-refractivity contribution is 0.310. The summed E-state index contributed by atoms with van der Waals surface area (Å²) in [6, 6.07) is 13.8. The molecule has 1 aliphatic heterocycles. The SMILES string of the molecule is CCS(=O)(=O)C1CN(S(=O)(=O)c2ccc(-c3cccc(Cl)c3)cc2)C1. The van der Waals surface area contributed by atoms with Gasteiger partial charge >= 0.3 is 0 Å². The summed E-state index contributed by atoms with van der Waals surface area (Å²) < 4.78 is 50.0. The molecule has 0 aliphatic carbocycles. The molecule has 1 fully saturated rings. The summed E-state index contributed by atoms with van der Waals surface area (Å²) in [4.78, 5) is 0.158. The van der Waals surface area contributed by atoms with Crippen LogP contribution >= 0.6 is 11.6 Å². The Kier molecular flexibility index (Phi) is 4.94. The van der Waals surface area contributed by atoms with Gasteiger partial charge in [0.15, 0.2) is 9.84 Å². The monoisotopic (exact) mass is 399 g/mol. The summed E-state index contributed by atoms with van der Waals surface area (Å²) in [5, 5.41) is 0.0101. The molecule has 0 saturated carbocycles. The number of benzene rings is 2. The molecule has 0 bridgehead atoms. The van der Waals surface area contributed by atoms with Gasteiger partial charge in [-0.05, 0) is 35.4 Å². The first kappa shape index (κ1) is 18.4. The smallest absolute Gasteiger partial charge is 0.228 e. The normalized spacial score (nSPS) is 16.6. The van der Waals surface area contributed by atoms with Crippen LogP contribution in [-0.2, 0) is 19.9 Å². The van der Waals surface area contributed by atoms with Gasteiger partial charge in [0.05, 0.1) is 10.1 Å². The van der Waals surface area contributed by atoms with Crippen molar-refractivity contribution in [1.82, 2.24) is 4.31 Å². The molecule has 2 aromatic carbocycles. The molecule has 0 amide bonds. The van der Waals surface area contributed by atoms with Crippen LogP contribution in [-0.4, -0.2) is 45.2 Å². The second-order valence-corrected chi connectivity index (χ2v) is 10.9. The van der Waals surface area contributed by atoms with Gasteiger partial charge in [-0.1, -0.05) is 42.8 Å². The average Bonchev–Trinajstić information content (AvgIpc) is 2.53. The molecule has 134 valence electrons. The van der Waals surface area contributed by atoms with Gasteiger partial charge in [0.1, 0.15) is 0 Å². The summed E-state index contributed by atoms with van der Waals surface area (Å²) in [5.74, 6) is 0.0277. The Balaban J connectivity index is 1.78. The maximum atomic E-state index is 12.6. The topological polar surface area (TPSA) is 71.5 Å². The number of hydrogen-bond acceptors (Lipinski definition) is 4. The summed E-state index contributed by atoms with van der Waals surface area (Å²) in [5.41, 5.74) is 1.76. The van der Waals surface area contributed by atoms with Crippen LogP contribution in [0.15, 0.2) is 53.4 Å². The Hall–Kier alpha value is -1.41. The largest absolute Gasteiger partial charge is 0.243 e. The molecule has 25 heavy (non-hydrogen) atoms. The van der Waals surface area contributed by atoms with E-state index in [0.717, 1.165) is 11.1 Å². The molecule has 3 rings (SSSR count). The predicted octanol–water partition coefficient (Wildman–Crippen LogP) is 2.81. The fourth-order valence-electron chi connectivity index (χ4n) is 2.70. The highest BCUT2D eigenvalue weighted by Crippen LogP contribution is 2.28. The van der Waals surface area contributed by atoms with Crippen LogP contribution < -0.4 is 0 Å². The van der Waals surface area contributed by atoms with Crippen molar-refractivity contribution in [2.45, 2.75) is 17.1 Å². The van der Waals surface area contributed by atoms with E-state index in [-0.39, 0.29) is 23.7 Å². The molecular weight excluding hydrogens is 382 g/mol. The fourth-order valence-corrected chi connectivity index (χ4v) is 5.89. The van der Waals surface area contributed by atoms with Crippen LogP contribution in [0.25, 0.3) is 11.1 Å². The van der Waals surface area contributed by atoms with Crippen LogP contribution in [0.2, 0.25) is 5.02 Å². The van der Waals surface area contributed by atoms with Crippen molar-refractivity contribution in [3.05, 3.63) is 53.6 Å². The van der Waals surface area contributed by atoms with Gasteiger partial charge in [-0.15, -0.1) is 0 Å². The lowest BCUT2D eigenvalue weighted by Crippen LogP contribution is -2.57. The Morgan fingerprint density at radius 2 is 1.64 bits per heavy atom. The van der Waals surface area contributed by atoms with Crippen LogP contribution in [0.1, 0.15) is 6.92 Å². The van der Waals surface area contributed by atoms with E-state index in [1.807, 2.05) is 12.1 Å². The Labute approximate surface area is 153 Å². The third-order valence-corrected chi connectivity index (χ3v) is 8.57. The molecule has 1 saturated heterocycles. The van der Waals surface area contributed by atoms with Crippen molar-refractivity contribution < 1.29 is 16.8 Å². The number of hydrogen-bond donors (Lipinski definition) is 0. The molecule has 0 spiro atoms. The Morgan fingerprint density at radius 1 is 1.00 bits per heavy atom. The van der Waals surface area contributed by atoms with E-state index in [1.165, 1.54) is 16.4 Å². The lowest BCUT2D eigenvalue weighted by Gasteiger charge is -2.37. The molecule has 2 aromatic rings. The standard InChI is InChI=1S/C17H18ClNO4S2/c1-2-24(20,21)17-11-19(12-17)25(22,23)16-8-6-13(7-9-16)14-4-3-5-15(18)10-14/h3-10,17H,2,11-12H2,1H3. The van der Waals surface area contributed by atoms with Gasteiger partial charge in [0.2, 0.25) is 10.0 Å². The van der Waals surface area contributed by atoms with Crippen molar-refractivity contribution in [3.63, 3.8) is 0 Å². The van der Waals surface area contributed by atoms with E-state index in [4.69, 9.17) is 11.6 Å². The third kappa shape index (κ3) is 3.60. The molecule has 5 nitrogen and oxygen atoms in total. The summed E-state index contributed by atoms with van der Waals surface area (Å²) in [6.45, 7) is 1.62. The number of sulfone groups is 1. The van der Waals surface area contributed by atoms with E-state index >= 15 is 0 Å². The Bertz CT molecular complexity index is 980. The van der Waals surface area contributed by atoms with E-state index in [2.05, 4.69) is 0 Å². The highest BCUT2D eigenvalue weighted by Gasteiger charge is 2.42. The maximum absolute atomic E-state index is 12.6. The lowest BCUT2D eigenvalue weighted by atomic mass is 10.1. The maximum Gasteiger partial charge on any atom is 0.243 e. The molecule has 0 atom stereocenters. The third-order valence-electron chi connectivity index (χ3n) is 4.37. The van der Waals surface area contributed by atoms with Crippen LogP contribution in [0.3, 0.4) is 0 Å². The van der Waals surface area contributed by atoms with Crippen molar-refractivity contribution in [2.24, 2.45) is 0 Å². The van der Waals surface area contributed by atoms with Gasteiger partial charge in [-0.25, -0.2) is 16.8 Å². The van der Waals surface area contributed by atoms with E-state index in [9.17, 15) is 16.8 Å². The van der Waals surface area contributed by atoms with Crippen molar-refractivity contribution >= 4 is 31.5 Å². The van der Waals surface area contributed by atoms with Crippen LogP contribution in [0, 0.1) is 0 Å². The van der Waals surface area contributed by atoms with Gasteiger partial charge in [-0.2, -0.15) is 4.31 Å². The number of rotatable bonds is 5. The highest BCUT2D eigenvalue weighted by molar-refractivity contribution is 7.92. The first-order valence-corrected chi connectivity index (χ1v) is 11.3. The molecule has 0 N–H and O–H groups in total. The number of sulfonamides is 1. The number of nitrogens with zero attached hydrogens (tertiary/aromatic N) is 1. The van der Waals surface area contributed by atoms with Crippen molar-refractivity contribution in [3.8, 4) is 11.1 Å². The quantitative estimate of drug-likeness (QED) is 0.775. The van der Waals surface area contributed by atoms with Crippen molar-refractivity contribution in [2.75, 3.05) is 18.8 Å². The second-order valence-electron chi connectivity index (χ2n) is 5.93. The molecule has 0 unspecified atom stereocenters. The summed E-state index contributed by atoms with van der Waals surface area (Å²) in [7, 11) is -6.87. The molecule has 0 aromatic heterocycles. The molecule has 0 radical (unpaired) electrons. The van der Waals surface area contributed by atoms with Gasteiger partial charge < -0.3 is 0 Å². The zero-order valence-corrected chi connectivity index (χ0v) is 16.0. The molecule has 8 heteroatoms. The minimum absolute atomic E-state index is 0.0224. The first-order valence-electron chi connectivity index (χ1n) is 7.82. The van der Waals surface area contributed by atoms with E-state index < -0.39 is 25.1 Å². The van der Waals surface area contributed by atoms with Crippen molar-refractivity contribution in [1.29, 1.82) is 0 Å². The number of halogens is 1. The molecule has 1 aliphatic rings. The minimum atomic E-state index is -3.67. The fraction of sp³-hybridized carbons (Fsp3) is 0.294.